The third kappa shape index (κ3) is 2.74. The lowest BCUT2D eigenvalue weighted by Gasteiger charge is -2.16. The molecule has 0 aliphatic carbocycles. The quantitative estimate of drug-likeness (QED) is 0.928. The highest BCUT2D eigenvalue weighted by molar-refractivity contribution is 5.65. The number of methoxy groups -OCH3 is 1. The van der Waals surface area contributed by atoms with Crippen LogP contribution >= 0.6 is 0 Å². The zero-order valence-electron chi connectivity index (χ0n) is 12.7. The zero-order chi connectivity index (χ0) is 14.9. The van der Waals surface area contributed by atoms with Crippen molar-refractivity contribution in [2.24, 2.45) is 0 Å². The van der Waals surface area contributed by atoms with Gasteiger partial charge in [-0.1, -0.05) is 13.8 Å². The summed E-state index contributed by atoms with van der Waals surface area (Å²) >= 11 is 0. The van der Waals surface area contributed by atoms with Crippen LogP contribution in [0.25, 0.3) is 11.4 Å². The maximum atomic E-state index is 5.82. The van der Waals surface area contributed by atoms with E-state index in [1.165, 1.54) is 0 Å². The van der Waals surface area contributed by atoms with Crippen LogP contribution in [0.5, 0.6) is 5.75 Å². The molecule has 0 saturated heterocycles. The van der Waals surface area contributed by atoms with E-state index in [2.05, 4.69) is 29.9 Å². The number of aromatic nitrogens is 2. The topological polar surface area (TPSA) is 61.0 Å². The Labute approximate surface area is 120 Å². The first-order valence-electron chi connectivity index (χ1n) is 6.72. The Kier molecular flexibility index (Phi) is 3.93. The van der Waals surface area contributed by atoms with Crippen LogP contribution in [-0.2, 0) is 0 Å². The minimum absolute atomic E-state index is 0.367. The van der Waals surface area contributed by atoms with E-state index >= 15 is 0 Å². The lowest BCUT2D eigenvalue weighted by atomic mass is 9.96. The average Bonchev–Trinajstić information content (AvgIpc) is 2.36. The number of aryl methyl sites for hydroxylation is 2. The van der Waals surface area contributed by atoms with E-state index in [1.807, 2.05) is 19.9 Å². The van der Waals surface area contributed by atoms with Crippen LogP contribution in [-0.4, -0.2) is 17.1 Å². The largest absolute Gasteiger partial charge is 0.496 e. The first-order chi connectivity index (χ1) is 9.42. The third-order valence-corrected chi connectivity index (χ3v) is 3.31. The summed E-state index contributed by atoms with van der Waals surface area (Å²) < 4.78 is 5.46. The number of ether oxygens (including phenoxy) is 1. The highest BCUT2D eigenvalue weighted by Gasteiger charge is 2.14. The molecule has 0 aliphatic rings. The summed E-state index contributed by atoms with van der Waals surface area (Å²) in [5.41, 5.74) is 9.93. The van der Waals surface area contributed by atoms with E-state index in [0.717, 1.165) is 28.1 Å². The van der Waals surface area contributed by atoms with Crippen LogP contribution in [0.1, 0.15) is 36.6 Å². The molecule has 0 unspecified atom stereocenters. The molecule has 0 saturated carbocycles. The summed E-state index contributed by atoms with van der Waals surface area (Å²) in [6.45, 7) is 8.23. The van der Waals surface area contributed by atoms with Crippen LogP contribution in [0.4, 0.5) is 5.82 Å². The standard InChI is InChI=1S/C16H21N3O/c1-9(2)12-8-13(10(3)6-14(12)20-5)16-18-11(4)7-15(17)19-16/h6-9H,1-5H3,(H2,17,18,19). The minimum atomic E-state index is 0.367. The maximum absolute atomic E-state index is 5.82. The van der Waals surface area contributed by atoms with Gasteiger partial charge in [-0.05, 0) is 43.0 Å². The Morgan fingerprint density at radius 2 is 1.80 bits per heavy atom. The molecule has 20 heavy (non-hydrogen) atoms. The lowest BCUT2D eigenvalue weighted by Crippen LogP contribution is -2.01. The van der Waals surface area contributed by atoms with Gasteiger partial charge in [-0.25, -0.2) is 9.97 Å². The molecule has 0 spiro atoms. The molecule has 4 nitrogen and oxygen atoms in total. The smallest absolute Gasteiger partial charge is 0.162 e. The number of nitrogens with zero attached hydrogens (tertiary/aromatic N) is 2. The Morgan fingerprint density at radius 1 is 1.10 bits per heavy atom. The predicted octanol–water partition coefficient (Wildman–Crippen LogP) is 3.47. The summed E-state index contributed by atoms with van der Waals surface area (Å²) in [5.74, 6) is 2.44. The fourth-order valence-corrected chi connectivity index (χ4v) is 2.28. The highest BCUT2D eigenvalue weighted by Crippen LogP contribution is 2.33. The fraction of sp³-hybridized carbons (Fsp3) is 0.375. The van der Waals surface area contributed by atoms with Gasteiger partial charge in [0, 0.05) is 17.3 Å². The van der Waals surface area contributed by atoms with Crippen LogP contribution < -0.4 is 10.5 Å². The van der Waals surface area contributed by atoms with Crippen molar-refractivity contribution >= 4 is 5.82 Å². The monoisotopic (exact) mass is 271 g/mol. The van der Waals surface area contributed by atoms with Gasteiger partial charge in [-0.3, -0.25) is 0 Å². The predicted molar refractivity (Wildman–Crippen MR) is 82.0 cm³/mol. The number of hydrogen-bond donors (Lipinski definition) is 1. The second kappa shape index (κ2) is 5.49. The number of anilines is 1. The number of nitrogens with two attached hydrogens (primary N) is 1. The van der Waals surface area contributed by atoms with Gasteiger partial charge in [-0.15, -0.1) is 0 Å². The van der Waals surface area contributed by atoms with Crippen molar-refractivity contribution in [2.45, 2.75) is 33.6 Å². The van der Waals surface area contributed by atoms with Crippen molar-refractivity contribution in [3.05, 3.63) is 35.0 Å². The molecule has 0 fully saturated rings. The zero-order valence-corrected chi connectivity index (χ0v) is 12.7. The molecule has 1 aromatic carbocycles. The van der Waals surface area contributed by atoms with Crippen LogP contribution in [0.15, 0.2) is 18.2 Å². The Hall–Kier alpha value is -2.10. The molecule has 0 radical (unpaired) electrons. The van der Waals surface area contributed by atoms with Crippen molar-refractivity contribution in [3.63, 3.8) is 0 Å². The molecular formula is C16H21N3O. The molecule has 4 heteroatoms. The first-order valence-corrected chi connectivity index (χ1v) is 6.72. The normalized spacial score (nSPS) is 10.9. The van der Waals surface area contributed by atoms with Gasteiger partial charge >= 0.3 is 0 Å². The first kappa shape index (κ1) is 14.3. The molecule has 1 aromatic heterocycles. The van der Waals surface area contributed by atoms with Crippen molar-refractivity contribution in [1.29, 1.82) is 0 Å². The summed E-state index contributed by atoms with van der Waals surface area (Å²) in [6.07, 6.45) is 0. The van der Waals surface area contributed by atoms with Gasteiger partial charge in [0.2, 0.25) is 0 Å². The second-order valence-corrected chi connectivity index (χ2v) is 5.32. The van der Waals surface area contributed by atoms with E-state index in [4.69, 9.17) is 10.5 Å². The molecule has 0 atom stereocenters. The average molecular weight is 271 g/mol. The van der Waals surface area contributed by atoms with Crippen LogP contribution in [0, 0.1) is 13.8 Å². The molecule has 0 amide bonds. The van der Waals surface area contributed by atoms with Crippen molar-refractivity contribution in [3.8, 4) is 17.1 Å². The molecule has 0 aliphatic heterocycles. The van der Waals surface area contributed by atoms with Crippen LogP contribution in [0.3, 0.4) is 0 Å². The number of nitrogen functional groups attached to an aromatic ring is 1. The number of hydrogen-bond acceptors (Lipinski definition) is 4. The molecule has 0 bridgehead atoms. The van der Waals surface area contributed by atoms with Crippen molar-refractivity contribution < 1.29 is 4.74 Å². The third-order valence-electron chi connectivity index (χ3n) is 3.31. The minimum Gasteiger partial charge on any atom is -0.496 e. The van der Waals surface area contributed by atoms with Crippen molar-refractivity contribution in [1.82, 2.24) is 9.97 Å². The molecule has 106 valence electrons. The molecular weight excluding hydrogens is 250 g/mol. The Balaban J connectivity index is 2.64. The van der Waals surface area contributed by atoms with Crippen molar-refractivity contribution in [2.75, 3.05) is 12.8 Å². The molecule has 1 heterocycles. The van der Waals surface area contributed by atoms with E-state index in [9.17, 15) is 0 Å². The Morgan fingerprint density at radius 3 is 2.35 bits per heavy atom. The molecule has 2 N–H and O–H groups in total. The lowest BCUT2D eigenvalue weighted by molar-refractivity contribution is 0.407. The van der Waals surface area contributed by atoms with E-state index in [-0.39, 0.29) is 0 Å². The van der Waals surface area contributed by atoms with Gasteiger partial charge in [0.1, 0.15) is 11.6 Å². The fourth-order valence-electron chi connectivity index (χ4n) is 2.28. The van der Waals surface area contributed by atoms with Gasteiger partial charge in [0.25, 0.3) is 0 Å². The highest BCUT2D eigenvalue weighted by atomic mass is 16.5. The van der Waals surface area contributed by atoms with Crippen LogP contribution in [0.2, 0.25) is 0 Å². The SMILES string of the molecule is COc1cc(C)c(-c2nc(C)cc(N)n2)cc1C(C)C. The number of rotatable bonds is 3. The van der Waals surface area contributed by atoms with Gasteiger partial charge < -0.3 is 10.5 Å². The summed E-state index contributed by atoms with van der Waals surface area (Å²) in [4.78, 5) is 8.84. The van der Waals surface area contributed by atoms with Gasteiger partial charge in [0.05, 0.1) is 7.11 Å². The molecule has 2 aromatic rings. The summed E-state index contributed by atoms with van der Waals surface area (Å²) in [7, 11) is 1.70. The summed E-state index contributed by atoms with van der Waals surface area (Å²) in [6, 6.07) is 5.91. The summed E-state index contributed by atoms with van der Waals surface area (Å²) in [5, 5.41) is 0. The van der Waals surface area contributed by atoms with Gasteiger partial charge in [-0.2, -0.15) is 0 Å². The second-order valence-electron chi connectivity index (χ2n) is 5.32. The van der Waals surface area contributed by atoms with E-state index < -0.39 is 0 Å². The van der Waals surface area contributed by atoms with E-state index in [0.29, 0.717) is 17.6 Å². The number of benzene rings is 1. The van der Waals surface area contributed by atoms with E-state index in [1.54, 1.807) is 13.2 Å². The molecule has 2 rings (SSSR count). The Bertz CT molecular complexity index is 616. The van der Waals surface area contributed by atoms with Gasteiger partial charge in [0.15, 0.2) is 5.82 Å². The maximum Gasteiger partial charge on any atom is 0.162 e.